The van der Waals surface area contributed by atoms with Gasteiger partial charge in [-0.1, -0.05) is 0 Å². The summed E-state index contributed by atoms with van der Waals surface area (Å²) in [7, 11) is 0. The molecule has 0 saturated heterocycles. The molecule has 0 radical (unpaired) electrons. The molecule has 86 valence electrons. The number of benzene rings is 1. The second-order valence-electron chi connectivity index (χ2n) is 4.13. The molecule has 16 heavy (non-hydrogen) atoms. The van der Waals surface area contributed by atoms with E-state index < -0.39 is 5.97 Å². The van der Waals surface area contributed by atoms with Crippen LogP contribution in [0.4, 0.5) is 0 Å². The van der Waals surface area contributed by atoms with Gasteiger partial charge in [-0.05, 0) is 31.0 Å². The fourth-order valence-corrected chi connectivity index (χ4v) is 2.09. The molecule has 1 aromatic rings. The standard InChI is InChI=1S/C12H14O4/c1-6-3-8(5-13)11(14)10-9(6)4-7(2)16-12(10)15/h3,7,13-14H,4-5H2,1-2H3/t7-/m1/s1. The zero-order valence-electron chi connectivity index (χ0n) is 9.28. The van der Waals surface area contributed by atoms with E-state index in [4.69, 9.17) is 9.84 Å². The quantitative estimate of drug-likeness (QED) is 0.703. The summed E-state index contributed by atoms with van der Waals surface area (Å²) < 4.78 is 5.07. The van der Waals surface area contributed by atoms with Crippen LogP contribution in [0.25, 0.3) is 0 Å². The van der Waals surface area contributed by atoms with Crippen LogP contribution in [-0.2, 0) is 17.8 Å². The Morgan fingerprint density at radius 1 is 1.56 bits per heavy atom. The van der Waals surface area contributed by atoms with Crippen molar-refractivity contribution in [2.75, 3.05) is 0 Å². The summed E-state index contributed by atoms with van der Waals surface area (Å²) in [5.74, 6) is -0.662. The number of rotatable bonds is 1. The molecule has 2 rings (SSSR count). The van der Waals surface area contributed by atoms with Gasteiger partial charge in [-0.3, -0.25) is 0 Å². The zero-order chi connectivity index (χ0) is 11.9. The van der Waals surface area contributed by atoms with Gasteiger partial charge in [0, 0.05) is 12.0 Å². The van der Waals surface area contributed by atoms with Gasteiger partial charge < -0.3 is 14.9 Å². The highest BCUT2D eigenvalue weighted by Gasteiger charge is 2.29. The molecule has 1 atom stereocenters. The monoisotopic (exact) mass is 222 g/mol. The van der Waals surface area contributed by atoms with E-state index in [2.05, 4.69) is 0 Å². The van der Waals surface area contributed by atoms with E-state index in [1.165, 1.54) is 0 Å². The predicted octanol–water partition coefficient (Wildman–Crippen LogP) is 1.29. The van der Waals surface area contributed by atoms with Gasteiger partial charge in [0.2, 0.25) is 0 Å². The lowest BCUT2D eigenvalue weighted by Gasteiger charge is -2.24. The number of aliphatic hydroxyl groups excluding tert-OH is 1. The molecule has 2 N–H and O–H groups in total. The van der Waals surface area contributed by atoms with Gasteiger partial charge in [0.15, 0.2) is 0 Å². The lowest BCUT2D eigenvalue weighted by atomic mass is 9.91. The maximum Gasteiger partial charge on any atom is 0.342 e. The highest BCUT2D eigenvalue weighted by atomic mass is 16.5. The van der Waals surface area contributed by atoms with Gasteiger partial charge >= 0.3 is 5.97 Å². The number of phenols is 1. The van der Waals surface area contributed by atoms with Crippen molar-refractivity contribution in [1.29, 1.82) is 0 Å². The van der Waals surface area contributed by atoms with Crippen LogP contribution >= 0.6 is 0 Å². The molecule has 0 amide bonds. The number of aliphatic hydroxyl groups is 1. The number of aryl methyl sites for hydroxylation is 1. The smallest absolute Gasteiger partial charge is 0.342 e. The molecule has 0 fully saturated rings. The summed E-state index contributed by atoms with van der Waals surface area (Å²) in [6.45, 7) is 3.39. The van der Waals surface area contributed by atoms with Crippen molar-refractivity contribution in [2.45, 2.75) is 33.0 Å². The Morgan fingerprint density at radius 3 is 2.88 bits per heavy atom. The lowest BCUT2D eigenvalue weighted by molar-refractivity contribution is 0.0296. The molecule has 1 aromatic carbocycles. The fraction of sp³-hybridized carbons (Fsp3) is 0.417. The normalized spacial score (nSPS) is 19.2. The van der Waals surface area contributed by atoms with E-state index in [9.17, 15) is 9.90 Å². The van der Waals surface area contributed by atoms with E-state index in [-0.39, 0.29) is 24.0 Å². The second kappa shape index (κ2) is 3.79. The van der Waals surface area contributed by atoms with Gasteiger partial charge in [-0.15, -0.1) is 0 Å². The molecular weight excluding hydrogens is 208 g/mol. The average molecular weight is 222 g/mol. The minimum atomic E-state index is -0.510. The molecule has 1 aliphatic heterocycles. The summed E-state index contributed by atoms with van der Waals surface area (Å²) >= 11 is 0. The molecule has 0 spiro atoms. The number of cyclic esters (lactones) is 1. The maximum absolute atomic E-state index is 11.7. The summed E-state index contributed by atoms with van der Waals surface area (Å²) in [5, 5.41) is 18.9. The van der Waals surface area contributed by atoms with E-state index >= 15 is 0 Å². The number of fused-ring (bicyclic) bond motifs is 1. The van der Waals surface area contributed by atoms with Gasteiger partial charge in [0.25, 0.3) is 0 Å². The Bertz CT molecular complexity index is 451. The number of carbonyl (C=O) groups excluding carboxylic acids is 1. The predicted molar refractivity (Wildman–Crippen MR) is 57.3 cm³/mol. The van der Waals surface area contributed by atoms with E-state index in [1.54, 1.807) is 6.07 Å². The summed E-state index contributed by atoms with van der Waals surface area (Å²) in [6, 6.07) is 1.71. The van der Waals surface area contributed by atoms with Crippen molar-refractivity contribution in [1.82, 2.24) is 0 Å². The first-order valence-electron chi connectivity index (χ1n) is 5.20. The van der Waals surface area contributed by atoms with Crippen molar-refractivity contribution in [3.8, 4) is 5.75 Å². The third-order valence-electron chi connectivity index (χ3n) is 2.88. The van der Waals surface area contributed by atoms with Crippen molar-refractivity contribution in [3.05, 3.63) is 28.3 Å². The van der Waals surface area contributed by atoms with Crippen molar-refractivity contribution in [2.24, 2.45) is 0 Å². The van der Waals surface area contributed by atoms with Crippen LogP contribution in [-0.4, -0.2) is 22.3 Å². The van der Waals surface area contributed by atoms with Gasteiger partial charge in [0.1, 0.15) is 17.4 Å². The molecule has 0 aliphatic carbocycles. The van der Waals surface area contributed by atoms with Crippen LogP contribution in [0.3, 0.4) is 0 Å². The van der Waals surface area contributed by atoms with Gasteiger partial charge in [-0.2, -0.15) is 0 Å². The van der Waals surface area contributed by atoms with Crippen LogP contribution in [0.5, 0.6) is 5.75 Å². The van der Waals surface area contributed by atoms with Crippen LogP contribution in [0, 0.1) is 6.92 Å². The average Bonchev–Trinajstić information content (AvgIpc) is 2.22. The first-order chi connectivity index (χ1) is 7.54. The van der Waals surface area contributed by atoms with Crippen molar-refractivity contribution >= 4 is 5.97 Å². The highest BCUT2D eigenvalue weighted by molar-refractivity contribution is 5.96. The minimum Gasteiger partial charge on any atom is -0.507 e. The largest absolute Gasteiger partial charge is 0.507 e. The summed E-state index contributed by atoms with van der Waals surface area (Å²) in [6.07, 6.45) is 0.435. The summed E-state index contributed by atoms with van der Waals surface area (Å²) in [5.41, 5.74) is 2.30. The molecule has 0 bridgehead atoms. The highest BCUT2D eigenvalue weighted by Crippen LogP contribution is 2.33. The van der Waals surface area contributed by atoms with E-state index in [0.29, 0.717) is 12.0 Å². The minimum absolute atomic E-state index is 0.153. The lowest BCUT2D eigenvalue weighted by Crippen LogP contribution is -2.26. The van der Waals surface area contributed by atoms with Gasteiger partial charge in [-0.25, -0.2) is 4.79 Å². The Kier molecular flexibility index (Phi) is 2.59. The molecule has 4 heteroatoms. The molecular formula is C12H14O4. The van der Waals surface area contributed by atoms with Crippen molar-refractivity contribution in [3.63, 3.8) is 0 Å². The number of aromatic hydroxyl groups is 1. The van der Waals surface area contributed by atoms with Crippen LogP contribution in [0.15, 0.2) is 6.07 Å². The van der Waals surface area contributed by atoms with Gasteiger partial charge in [0.05, 0.1) is 6.61 Å². The topological polar surface area (TPSA) is 66.8 Å². The van der Waals surface area contributed by atoms with E-state index in [1.807, 2.05) is 13.8 Å². The number of hydrogen-bond donors (Lipinski definition) is 2. The zero-order valence-corrected chi connectivity index (χ0v) is 9.28. The number of ether oxygens (including phenoxy) is 1. The number of hydrogen-bond acceptors (Lipinski definition) is 4. The second-order valence-corrected chi connectivity index (χ2v) is 4.13. The van der Waals surface area contributed by atoms with E-state index in [0.717, 1.165) is 11.1 Å². The molecule has 0 unspecified atom stereocenters. The fourth-order valence-electron chi connectivity index (χ4n) is 2.09. The third kappa shape index (κ3) is 1.55. The number of carbonyl (C=O) groups is 1. The molecule has 1 heterocycles. The Hall–Kier alpha value is -1.55. The molecule has 0 saturated carbocycles. The first-order valence-corrected chi connectivity index (χ1v) is 5.20. The number of esters is 1. The molecule has 0 aromatic heterocycles. The van der Waals surface area contributed by atoms with Crippen LogP contribution in [0.2, 0.25) is 0 Å². The maximum atomic E-state index is 11.7. The Labute approximate surface area is 93.5 Å². The van der Waals surface area contributed by atoms with Crippen LogP contribution in [0.1, 0.15) is 34.0 Å². The first kappa shape index (κ1) is 11.0. The summed E-state index contributed by atoms with van der Waals surface area (Å²) in [4.78, 5) is 11.7. The third-order valence-corrected chi connectivity index (χ3v) is 2.88. The van der Waals surface area contributed by atoms with Crippen molar-refractivity contribution < 1.29 is 19.7 Å². The molecule has 4 nitrogen and oxygen atoms in total. The molecule has 1 aliphatic rings. The SMILES string of the molecule is Cc1cc(CO)c(O)c2c1C[C@@H](C)OC2=O. The Morgan fingerprint density at radius 2 is 2.25 bits per heavy atom. The van der Waals surface area contributed by atoms with Crippen LogP contribution < -0.4 is 0 Å². The Balaban J connectivity index is 2.66.